The number of hydrogen-bond donors (Lipinski definition) is 0. The molecule has 2 rings (SSSR count). The molecule has 0 radical (unpaired) electrons. The van der Waals surface area contributed by atoms with Gasteiger partial charge in [0.1, 0.15) is 5.15 Å². The van der Waals surface area contributed by atoms with Gasteiger partial charge in [-0.15, -0.1) is 0 Å². The number of aromatic nitrogens is 2. The molecular weight excluding hydrogens is 285 g/mol. The maximum Gasteiger partial charge on any atom is 0.194 e. The van der Waals surface area contributed by atoms with E-state index in [4.69, 9.17) is 11.6 Å². The van der Waals surface area contributed by atoms with Crippen LogP contribution in [-0.2, 0) is 5.75 Å². The van der Waals surface area contributed by atoms with Gasteiger partial charge >= 0.3 is 0 Å². The van der Waals surface area contributed by atoms with E-state index in [1.807, 2.05) is 0 Å². The molecule has 1 aromatic carbocycles. The Labute approximate surface area is 110 Å². The molecule has 0 unspecified atom stereocenters. The van der Waals surface area contributed by atoms with Crippen molar-refractivity contribution in [3.8, 4) is 0 Å². The van der Waals surface area contributed by atoms with E-state index in [2.05, 4.69) is 9.97 Å². The van der Waals surface area contributed by atoms with Crippen LogP contribution >= 0.6 is 23.4 Å². The number of rotatable bonds is 3. The summed E-state index contributed by atoms with van der Waals surface area (Å²) in [6, 6.07) is 3.57. The smallest absolute Gasteiger partial charge is 0.194 e. The van der Waals surface area contributed by atoms with Crippen molar-refractivity contribution in [3.05, 3.63) is 52.6 Å². The van der Waals surface area contributed by atoms with Gasteiger partial charge in [0.25, 0.3) is 0 Å². The summed E-state index contributed by atoms with van der Waals surface area (Å²) in [4.78, 5) is 7.79. The number of thioether (sulfide) groups is 1. The second-order valence-electron chi connectivity index (χ2n) is 3.29. The summed E-state index contributed by atoms with van der Waals surface area (Å²) < 4.78 is 39.0. The summed E-state index contributed by atoms with van der Waals surface area (Å²) in [6.45, 7) is 0. The minimum absolute atomic E-state index is 0.0440. The minimum Gasteiger partial charge on any atom is -0.231 e. The van der Waals surface area contributed by atoms with Crippen LogP contribution in [0, 0.1) is 17.5 Å². The summed E-state index contributed by atoms with van der Waals surface area (Å²) in [5.74, 6) is -3.78. The quantitative estimate of drug-likeness (QED) is 0.372. The first kappa shape index (κ1) is 13.2. The lowest BCUT2D eigenvalue weighted by Crippen LogP contribution is -1.96. The van der Waals surface area contributed by atoms with Crippen LogP contribution in [0.1, 0.15) is 5.56 Å². The molecule has 0 saturated heterocycles. The zero-order chi connectivity index (χ0) is 13.1. The lowest BCUT2D eigenvalue weighted by atomic mass is 10.2. The Morgan fingerprint density at radius 1 is 1.11 bits per heavy atom. The van der Waals surface area contributed by atoms with E-state index in [0.29, 0.717) is 5.16 Å². The SMILES string of the molecule is Fc1ccc(CSc2nccc(Cl)n2)c(F)c1F. The van der Waals surface area contributed by atoms with Crippen LogP contribution in [0.25, 0.3) is 0 Å². The van der Waals surface area contributed by atoms with Crippen molar-refractivity contribution in [2.75, 3.05) is 0 Å². The molecule has 0 bridgehead atoms. The summed E-state index contributed by atoms with van der Waals surface area (Å²) in [7, 11) is 0. The molecule has 0 aliphatic carbocycles. The zero-order valence-corrected chi connectivity index (χ0v) is 10.4. The van der Waals surface area contributed by atoms with Crippen LogP contribution in [0.4, 0.5) is 13.2 Å². The molecule has 0 N–H and O–H groups in total. The predicted octanol–water partition coefficient (Wildman–Crippen LogP) is 3.84. The highest BCUT2D eigenvalue weighted by Gasteiger charge is 2.13. The maximum atomic E-state index is 13.3. The Morgan fingerprint density at radius 2 is 1.89 bits per heavy atom. The fourth-order valence-electron chi connectivity index (χ4n) is 1.21. The first-order valence-corrected chi connectivity index (χ1v) is 6.18. The van der Waals surface area contributed by atoms with Gasteiger partial charge in [0, 0.05) is 17.5 Å². The van der Waals surface area contributed by atoms with Gasteiger partial charge < -0.3 is 0 Å². The molecule has 0 spiro atoms. The molecule has 18 heavy (non-hydrogen) atoms. The molecular formula is C11H6ClF3N2S. The van der Waals surface area contributed by atoms with E-state index >= 15 is 0 Å². The Balaban J connectivity index is 2.14. The Bertz CT molecular complexity index is 580. The molecule has 1 heterocycles. The Kier molecular flexibility index (Phi) is 4.08. The predicted molar refractivity (Wildman–Crippen MR) is 62.9 cm³/mol. The highest BCUT2D eigenvalue weighted by atomic mass is 35.5. The van der Waals surface area contributed by atoms with E-state index in [1.165, 1.54) is 18.3 Å². The second-order valence-corrected chi connectivity index (χ2v) is 4.61. The van der Waals surface area contributed by atoms with Gasteiger partial charge in [-0.2, -0.15) is 0 Å². The monoisotopic (exact) mass is 290 g/mol. The topological polar surface area (TPSA) is 25.8 Å². The molecule has 7 heteroatoms. The van der Waals surface area contributed by atoms with Crippen molar-refractivity contribution < 1.29 is 13.2 Å². The molecule has 0 aliphatic rings. The third kappa shape index (κ3) is 2.94. The molecule has 2 aromatic rings. The van der Waals surface area contributed by atoms with E-state index < -0.39 is 17.5 Å². The van der Waals surface area contributed by atoms with Crippen molar-refractivity contribution in [2.24, 2.45) is 0 Å². The van der Waals surface area contributed by atoms with Gasteiger partial charge in [-0.25, -0.2) is 23.1 Å². The van der Waals surface area contributed by atoms with E-state index in [-0.39, 0.29) is 16.5 Å². The average molecular weight is 291 g/mol. The Hall–Kier alpha value is -1.27. The minimum atomic E-state index is -1.47. The van der Waals surface area contributed by atoms with Crippen molar-refractivity contribution in [2.45, 2.75) is 10.9 Å². The summed E-state index contributed by atoms with van der Waals surface area (Å²) in [5.41, 5.74) is 0.0440. The third-order valence-electron chi connectivity index (χ3n) is 2.07. The molecule has 2 nitrogen and oxygen atoms in total. The first-order valence-electron chi connectivity index (χ1n) is 4.81. The zero-order valence-electron chi connectivity index (χ0n) is 8.83. The fraction of sp³-hybridized carbons (Fsp3) is 0.0909. The van der Waals surface area contributed by atoms with Gasteiger partial charge in [-0.3, -0.25) is 0 Å². The lowest BCUT2D eigenvalue weighted by molar-refractivity contribution is 0.443. The van der Waals surface area contributed by atoms with E-state index in [9.17, 15) is 13.2 Å². The normalized spacial score (nSPS) is 10.7. The summed E-state index contributed by atoms with van der Waals surface area (Å²) in [6.07, 6.45) is 1.46. The molecule has 0 aliphatic heterocycles. The van der Waals surface area contributed by atoms with Gasteiger partial charge in [0.05, 0.1) is 0 Å². The van der Waals surface area contributed by atoms with Gasteiger partial charge in [0.2, 0.25) is 0 Å². The average Bonchev–Trinajstić information content (AvgIpc) is 2.35. The summed E-state index contributed by atoms with van der Waals surface area (Å²) in [5, 5.41) is 0.602. The van der Waals surface area contributed by atoms with Crippen molar-refractivity contribution in [1.29, 1.82) is 0 Å². The second kappa shape index (κ2) is 5.58. The third-order valence-corrected chi connectivity index (χ3v) is 3.19. The maximum absolute atomic E-state index is 13.3. The molecule has 94 valence electrons. The van der Waals surface area contributed by atoms with Crippen LogP contribution in [0.3, 0.4) is 0 Å². The van der Waals surface area contributed by atoms with Crippen LogP contribution in [-0.4, -0.2) is 9.97 Å². The Morgan fingerprint density at radius 3 is 2.61 bits per heavy atom. The molecule has 1 aromatic heterocycles. The lowest BCUT2D eigenvalue weighted by Gasteiger charge is -2.04. The van der Waals surface area contributed by atoms with Crippen molar-refractivity contribution >= 4 is 23.4 Å². The van der Waals surface area contributed by atoms with Gasteiger partial charge in [-0.1, -0.05) is 29.4 Å². The molecule has 0 atom stereocenters. The largest absolute Gasteiger partial charge is 0.231 e. The van der Waals surface area contributed by atoms with Crippen LogP contribution < -0.4 is 0 Å². The number of hydrogen-bond acceptors (Lipinski definition) is 3. The number of nitrogens with zero attached hydrogens (tertiary/aromatic N) is 2. The van der Waals surface area contributed by atoms with Crippen LogP contribution in [0.2, 0.25) is 5.15 Å². The molecule has 0 saturated carbocycles. The first-order chi connectivity index (χ1) is 8.58. The van der Waals surface area contributed by atoms with Gasteiger partial charge in [-0.05, 0) is 12.1 Å². The standard InChI is InChI=1S/C11H6ClF3N2S/c12-8-3-4-16-11(17-8)18-5-6-1-2-7(13)10(15)9(6)14/h1-4H,5H2. The number of benzene rings is 1. The van der Waals surface area contributed by atoms with Crippen molar-refractivity contribution in [1.82, 2.24) is 9.97 Å². The summed E-state index contributed by atoms with van der Waals surface area (Å²) >= 11 is 6.74. The van der Waals surface area contributed by atoms with E-state index in [1.54, 1.807) is 0 Å². The van der Waals surface area contributed by atoms with Crippen LogP contribution in [0.15, 0.2) is 29.6 Å². The molecule has 0 fully saturated rings. The van der Waals surface area contributed by atoms with E-state index in [0.717, 1.165) is 17.8 Å². The highest BCUT2D eigenvalue weighted by molar-refractivity contribution is 7.98. The fourth-order valence-corrected chi connectivity index (χ4v) is 2.20. The van der Waals surface area contributed by atoms with Crippen LogP contribution in [0.5, 0.6) is 0 Å². The van der Waals surface area contributed by atoms with Gasteiger partial charge in [0.15, 0.2) is 22.6 Å². The highest BCUT2D eigenvalue weighted by Crippen LogP contribution is 2.23. The molecule has 0 amide bonds. The van der Waals surface area contributed by atoms with Crippen molar-refractivity contribution in [3.63, 3.8) is 0 Å². The number of halogens is 4.